The van der Waals surface area contributed by atoms with E-state index in [4.69, 9.17) is 16.0 Å². The number of aliphatic hydroxyl groups excluding tert-OH is 1. The molecule has 1 aliphatic heterocycles. The highest BCUT2D eigenvalue weighted by atomic mass is 35.5. The van der Waals surface area contributed by atoms with Crippen molar-refractivity contribution in [2.24, 2.45) is 11.8 Å². The van der Waals surface area contributed by atoms with Crippen LogP contribution >= 0.6 is 11.6 Å². The van der Waals surface area contributed by atoms with Gasteiger partial charge in [-0.15, -0.1) is 0 Å². The van der Waals surface area contributed by atoms with Gasteiger partial charge in [0.1, 0.15) is 4.90 Å². The fourth-order valence-electron chi connectivity index (χ4n) is 2.71. The second kappa shape index (κ2) is 5.38. The van der Waals surface area contributed by atoms with Crippen LogP contribution < -0.4 is 5.76 Å². The van der Waals surface area contributed by atoms with Crippen LogP contribution in [0.25, 0.3) is 11.1 Å². The Hall–Kier alpha value is -1.35. The molecule has 1 aliphatic rings. The van der Waals surface area contributed by atoms with Crippen molar-refractivity contribution in [3.63, 3.8) is 0 Å². The van der Waals surface area contributed by atoms with Crippen molar-refractivity contribution in [3.8, 4) is 0 Å². The van der Waals surface area contributed by atoms with E-state index in [1.54, 1.807) is 0 Å². The first-order valence-electron chi connectivity index (χ1n) is 6.76. The fourth-order valence-corrected chi connectivity index (χ4v) is 4.82. The number of sulfonamides is 1. The largest absolute Gasteiger partial charge is 0.417 e. The molecule has 0 spiro atoms. The Balaban J connectivity index is 2.05. The number of nitrogens with one attached hydrogen (secondary N) is 1. The van der Waals surface area contributed by atoms with E-state index in [1.165, 1.54) is 16.4 Å². The molecule has 0 aliphatic carbocycles. The third-order valence-corrected chi connectivity index (χ3v) is 6.36. The van der Waals surface area contributed by atoms with Crippen molar-refractivity contribution < 1.29 is 17.9 Å². The molecule has 0 radical (unpaired) electrons. The van der Waals surface area contributed by atoms with Gasteiger partial charge in [-0.1, -0.05) is 18.5 Å². The molecule has 7 nitrogen and oxygen atoms in total. The average molecular weight is 347 g/mol. The van der Waals surface area contributed by atoms with Gasteiger partial charge in [-0.25, -0.2) is 13.2 Å². The summed E-state index contributed by atoms with van der Waals surface area (Å²) in [4.78, 5) is 13.5. The van der Waals surface area contributed by atoms with Crippen LogP contribution in [0, 0.1) is 11.8 Å². The molecule has 1 fully saturated rings. The van der Waals surface area contributed by atoms with Gasteiger partial charge in [0.15, 0.2) is 5.58 Å². The van der Waals surface area contributed by atoms with Crippen molar-refractivity contribution >= 4 is 32.7 Å². The summed E-state index contributed by atoms with van der Waals surface area (Å²) in [7, 11) is -3.81. The van der Waals surface area contributed by atoms with Crippen LogP contribution in [0.4, 0.5) is 0 Å². The zero-order valence-corrected chi connectivity index (χ0v) is 13.3. The molecule has 3 rings (SSSR count). The van der Waals surface area contributed by atoms with Crippen LogP contribution in [0.15, 0.2) is 26.2 Å². The van der Waals surface area contributed by atoms with E-state index in [-0.39, 0.29) is 40.5 Å². The number of oxazole rings is 1. The van der Waals surface area contributed by atoms with E-state index >= 15 is 0 Å². The number of H-pyrrole nitrogens is 1. The van der Waals surface area contributed by atoms with E-state index in [9.17, 15) is 18.3 Å². The minimum atomic E-state index is -3.81. The van der Waals surface area contributed by atoms with Crippen LogP contribution in [0.5, 0.6) is 0 Å². The van der Waals surface area contributed by atoms with Crippen molar-refractivity contribution in [2.75, 3.05) is 19.7 Å². The molecule has 2 heterocycles. The summed E-state index contributed by atoms with van der Waals surface area (Å²) in [5.41, 5.74) is 0.482. The number of hydrogen-bond acceptors (Lipinski definition) is 5. The zero-order valence-electron chi connectivity index (χ0n) is 11.7. The Morgan fingerprint density at radius 2 is 2.18 bits per heavy atom. The van der Waals surface area contributed by atoms with Gasteiger partial charge in [-0.2, -0.15) is 4.31 Å². The van der Waals surface area contributed by atoms with Gasteiger partial charge in [0.05, 0.1) is 10.5 Å². The molecule has 22 heavy (non-hydrogen) atoms. The lowest BCUT2D eigenvalue weighted by molar-refractivity contribution is 0.210. The second-order valence-corrected chi connectivity index (χ2v) is 7.85. The molecule has 1 aromatic heterocycles. The molecule has 1 saturated heterocycles. The predicted octanol–water partition coefficient (Wildman–Crippen LogP) is 1.02. The number of hydrogen-bond donors (Lipinski definition) is 2. The van der Waals surface area contributed by atoms with E-state index in [2.05, 4.69) is 4.98 Å². The van der Waals surface area contributed by atoms with E-state index in [0.29, 0.717) is 12.1 Å². The molecule has 0 amide bonds. The van der Waals surface area contributed by atoms with Crippen LogP contribution in [0.2, 0.25) is 5.02 Å². The smallest absolute Gasteiger partial charge is 0.408 e. The third kappa shape index (κ3) is 2.45. The number of aromatic nitrogens is 1. The van der Waals surface area contributed by atoms with Gasteiger partial charge in [0, 0.05) is 25.8 Å². The highest BCUT2D eigenvalue weighted by Crippen LogP contribution is 2.33. The first-order chi connectivity index (χ1) is 10.3. The normalized spacial score (nSPS) is 23.4. The lowest BCUT2D eigenvalue weighted by Crippen LogP contribution is -2.29. The molecule has 0 unspecified atom stereocenters. The van der Waals surface area contributed by atoms with Gasteiger partial charge in [0.2, 0.25) is 10.0 Å². The summed E-state index contributed by atoms with van der Waals surface area (Å²) in [6.45, 7) is 2.39. The molecule has 0 saturated carbocycles. The molecular weight excluding hydrogens is 332 g/mol. The summed E-state index contributed by atoms with van der Waals surface area (Å²) in [6.07, 6.45) is 0. The first-order valence-corrected chi connectivity index (χ1v) is 8.58. The summed E-state index contributed by atoms with van der Waals surface area (Å²) < 4.78 is 31.7. The van der Waals surface area contributed by atoms with Crippen molar-refractivity contribution in [3.05, 3.63) is 27.7 Å². The van der Waals surface area contributed by atoms with E-state index < -0.39 is 15.8 Å². The Kier molecular flexibility index (Phi) is 3.80. The molecule has 1 aromatic carbocycles. The predicted molar refractivity (Wildman–Crippen MR) is 80.3 cm³/mol. The maximum Gasteiger partial charge on any atom is 0.417 e. The monoisotopic (exact) mass is 346 g/mol. The molecule has 2 aromatic rings. The van der Waals surface area contributed by atoms with Gasteiger partial charge >= 0.3 is 5.76 Å². The third-order valence-electron chi connectivity index (χ3n) is 4.06. The van der Waals surface area contributed by atoms with Crippen molar-refractivity contribution in [1.29, 1.82) is 0 Å². The minimum absolute atomic E-state index is 0.0182. The average Bonchev–Trinajstić information content (AvgIpc) is 2.99. The number of rotatable bonds is 3. The Morgan fingerprint density at radius 3 is 2.82 bits per heavy atom. The second-order valence-electron chi connectivity index (χ2n) is 5.54. The zero-order chi connectivity index (χ0) is 16.1. The van der Waals surface area contributed by atoms with Crippen LogP contribution in [0.1, 0.15) is 6.92 Å². The topological polar surface area (TPSA) is 104 Å². The summed E-state index contributed by atoms with van der Waals surface area (Å²) >= 11 is 6.06. The number of aromatic amines is 1. The van der Waals surface area contributed by atoms with Crippen LogP contribution in [-0.2, 0) is 10.0 Å². The molecular formula is C13H15ClN2O5S. The lowest BCUT2D eigenvalue weighted by Gasteiger charge is -2.17. The van der Waals surface area contributed by atoms with Gasteiger partial charge in [-0.05, 0) is 17.9 Å². The maximum atomic E-state index is 12.7. The number of aliphatic hydroxyl groups is 1. The highest BCUT2D eigenvalue weighted by molar-refractivity contribution is 7.89. The minimum Gasteiger partial charge on any atom is -0.408 e. The van der Waals surface area contributed by atoms with E-state index in [1.807, 2.05) is 6.92 Å². The number of nitrogens with zero attached hydrogens (tertiary/aromatic N) is 1. The molecule has 9 heteroatoms. The van der Waals surface area contributed by atoms with E-state index in [0.717, 1.165) is 0 Å². The van der Waals surface area contributed by atoms with Crippen LogP contribution in [0.3, 0.4) is 0 Å². The van der Waals surface area contributed by atoms with Gasteiger partial charge in [-0.3, -0.25) is 4.98 Å². The number of halogens is 1. The Morgan fingerprint density at radius 1 is 1.45 bits per heavy atom. The highest BCUT2D eigenvalue weighted by Gasteiger charge is 2.37. The standard InChI is InChI=1S/C13H15ClN2O5S/c1-7-4-16(5-8(7)6-17)22(19,20)12-3-11-10(2-9(12)14)15-13(18)21-11/h2-3,7-8,17H,4-6H2,1H3,(H,15,18)/t7-,8+/m1/s1. The summed E-state index contributed by atoms with van der Waals surface area (Å²) in [5, 5.41) is 9.31. The number of fused-ring (bicyclic) bond motifs is 1. The van der Waals surface area contributed by atoms with Crippen molar-refractivity contribution in [1.82, 2.24) is 9.29 Å². The summed E-state index contributed by atoms with van der Waals surface area (Å²) in [5.74, 6) is -0.703. The fraction of sp³-hybridized carbons (Fsp3) is 0.462. The Bertz CT molecular complexity index is 872. The first kappa shape index (κ1) is 15.5. The van der Waals surface area contributed by atoms with Gasteiger partial charge < -0.3 is 9.52 Å². The Labute approximate surface area is 131 Å². The van der Waals surface area contributed by atoms with Crippen molar-refractivity contribution in [2.45, 2.75) is 11.8 Å². The lowest BCUT2D eigenvalue weighted by atomic mass is 10.00. The molecule has 2 N–H and O–H groups in total. The maximum absolute atomic E-state index is 12.7. The SMILES string of the molecule is C[C@@H]1CN(S(=O)(=O)c2cc3oc(=O)[nH]c3cc2Cl)C[C@H]1CO. The quantitative estimate of drug-likeness (QED) is 0.863. The van der Waals surface area contributed by atoms with Crippen LogP contribution in [-0.4, -0.2) is 42.5 Å². The summed E-state index contributed by atoms with van der Waals surface area (Å²) in [6, 6.07) is 2.61. The molecule has 120 valence electrons. The number of benzene rings is 1. The van der Waals surface area contributed by atoms with Gasteiger partial charge in [0.25, 0.3) is 0 Å². The molecule has 2 atom stereocenters. The molecule has 0 bridgehead atoms.